The molecule has 0 aliphatic rings. The Bertz CT molecular complexity index is 342. The Labute approximate surface area is 86.7 Å². The van der Waals surface area contributed by atoms with Gasteiger partial charge in [0.25, 0.3) is 0 Å². The van der Waals surface area contributed by atoms with Crippen LogP contribution in [-0.4, -0.2) is 22.0 Å². The highest BCUT2D eigenvalue weighted by Gasteiger charge is 1.99. The van der Waals surface area contributed by atoms with Gasteiger partial charge in [-0.05, 0) is 38.1 Å². The van der Waals surface area contributed by atoms with Crippen LogP contribution < -0.4 is 0 Å². The first-order valence-corrected chi connectivity index (χ1v) is 4.11. The molecule has 1 aromatic carbocycles. The molecule has 0 atom stereocenters. The number of aromatic carboxylic acids is 1. The van der Waals surface area contributed by atoms with Gasteiger partial charge in [0.1, 0.15) is 5.82 Å². The molecule has 15 heavy (non-hydrogen) atoms. The monoisotopic (exact) mass is 213 g/mol. The third-order valence-corrected chi connectivity index (χ3v) is 1.29. The normalized spacial score (nSPS) is 8.47. The van der Waals surface area contributed by atoms with Crippen LogP contribution in [0, 0.1) is 5.82 Å². The second-order valence-electron chi connectivity index (χ2n) is 2.86. The minimum absolute atomic E-state index is 0.0985. The Kier molecular flexibility index (Phi) is 5.70. The van der Waals surface area contributed by atoms with E-state index in [2.05, 4.69) is 5.16 Å². The smallest absolute Gasteiger partial charge is 0.335 e. The standard InChI is InChI=1S/C7H5FO2.C3H7NO/c8-6-3-1-5(2-4-6)7(9)10;1-3(2)4-5/h1-4H,(H,9,10);5H,1-2H3. The first-order chi connectivity index (χ1) is 6.97. The van der Waals surface area contributed by atoms with Gasteiger partial charge in [-0.3, -0.25) is 0 Å². The van der Waals surface area contributed by atoms with Crippen molar-refractivity contribution in [2.45, 2.75) is 13.8 Å². The summed E-state index contributed by atoms with van der Waals surface area (Å²) in [4.78, 5) is 10.2. The molecule has 0 aliphatic heterocycles. The number of carboxylic acid groups (broad SMARTS) is 1. The number of halogens is 1. The molecule has 0 aliphatic carbocycles. The molecule has 0 saturated heterocycles. The highest BCUT2D eigenvalue weighted by atomic mass is 19.1. The molecule has 0 bridgehead atoms. The van der Waals surface area contributed by atoms with Crippen molar-refractivity contribution in [2.75, 3.05) is 0 Å². The van der Waals surface area contributed by atoms with Crippen LogP contribution in [0.4, 0.5) is 4.39 Å². The Morgan fingerprint density at radius 2 is 1.67 bits per heavy atom. The Morgan fingerprint density at radius 1 is 1.27 bits per heavy atom. The van der Waals surface area contributed by atoms with Crippen molar-refractivity contribution in [3.63, 3.8) is 0 Å². The second kappa shape index (κ2) is 6.53. The maximum atomic E-state index is 12.2. The number of carboxylic acids is 1. The van der Waals surface area contributed by atoms with Crippen LogP contribution in [0.1, 0.15) is 24.2 Å². The lowest BCUT2D eigenvalue weighted by Crippen LogP contribution is -1.94. The van der Waals surface area contributed by atoms with Gasteiger partial charge >= 0.3 is 5.97 Å². The molecule has 0 saturated carbocycles. The van der Waals surface area contributed by atoms with Crippen LogP contribution in [0.5, 0.6) is 0 Å². The maximum Gasteiger partial charge on any atom is 0.335 e. The van der Waals surface area contributed by atoms with Crippen molar-refractivity contribution in [3.8, 4) is 0 Å². The molecule has 1 aromatic rings. The SMILES string of the molecule is CC(C)=NO.O=C(O)c1ccc(F)cc1. The average molecular weight is 213 g/mol. The van der Waals surface area contributed by atoms with E-state index in [-0.39, 0.29) is 5.56 Å². The van der Waals surface area contributed by atoms with Crippen molar-refractivity contribution < 1.29 is 19.5 Å². The zero-order chi connectivity index (χ0) is 11.8. The summed E-state index contributed by atoms with van der Waals surface area (Å²) in [5.74, 6) is -1.47. The van der Waals surface area contributed by atoms with Gasteiger partial charge in [-0.2, -0.15) is 0 Å². The summed E-state index contributed by atoms with van der Waals surface area (Å²) >= 11 is 0. The molecule has 2 N–H and O–H groups in total. The van der Waals surface area contributed by atoms with Gasteiger partial charge in [-0.1, -0.05) is 5.16 Å². The van der Waals surface area contributed by atoms with Gasteiger partial charge in [-0.25, -0.2) is 9.18 Å². The molecule has 82 valence electrons. The van der Waals surface area contributed by atoms with E-state index in [0.29, 0.717) is 5.71 Å². The zero-order valence-electron chi connectivity index (χ0n) is 8.44. The molecule has 1 rings (SSSR count). The van der Waals surface area contributed by atoms with E-state index in [1.807, 2.05) is 0 Å². The van der Waals surface area contributed by atoms with Crippen molar-refractivity contribution in [1.29, 1.82) is 0 Å². The molecule has 0 aromatic heterocycles. The van der Waals surface area contributed by atoms with Gasteiger partial charge in [0.05, 0.1) is 11.3 Å². The lowest BCUT2D eigenvalue weighted by Gasteiger charge is -1.90. The zero-order valence-corrected chi connectivity index (χ0v) is 8.44. The molecular formula is C10H12FNO3. The lowest BCUT2D eigenvalue weighted by atomic mass is 10.2. The lowest BCUT2D eigenvalue weighted by molar-refractivity contribution is 0.0697. The van der Waals surface area contributed by atoms with E-state index >= 15 is 0 Å². The Balaban J connectivity index is 0.000000336. The minimum Gasteiger partial charge on any atom is -0.478 e. The fraction of sp³-hybridized carbons (Fsp3) is 0.200. The summed E-state index contributed by atoms with van der Waals surface area (Å²) in [5, 5.41) is 18.9. The van der Waals surface area contributed by atoms with Crippen LogP contribution in [0.2, 0.25) is 0 Å². The van der Waals surface area contributed by atoms with E-state index in [1.165, 1.54) is 12.1 Å². The Morgan fingerprint density at radius 3 is 1.93 bits per heavy atom. The van der Waals surface area contributed by atoms with E-state index < -0.39 is 11.8 Å². The first-order valence-electron chi connectivity index (χ1n) is 4.11. The third-order valence-electron chi connectivity index (χ3n) is 1.29. The number of rotatable bonds is 1. The van der Waals surface area contributed by atoms with Gasteiger partial charge in [0.2, 0.25) is 0 Å². The van der Waals surface area contributed by atoms with Crippen molar-refractivity contribution in [3.05, 3.63) is 35.6 Å². The molecule has 5 heteroatoms. The van der Waals surface area contributed by atoms with E-state index in [1.54, 1.807) is 13.8 Å². The first kappa shape index (κ1) is 13.1. The number of oxime groups is 1. The van der Waals surface area contributed by atoms with Crippen molar-refractivity contribution in [2.24, 2.45) is 5.16 Å². The molecular weight excluding hydrogens is 201 g/mol. The fourth-order valence-corrected chi connectivity index (χ4v) is 0.592. The van der Waals surface area contributed by atoms with E-state index in [4.69, 9.17) is 10.3 Å². The number of benzene rings is 1. The molecule has 0 heterocycles. The molecule has 0 fully saturated rings. The summed E-state index contributed by atoms with van der Waals surface area (Å²) in [7, 11) is 0. The highest BCUT2D eigenvalue weighted by molar-refractivity contribution is 5.87. The van der Waals surface area contributed by atoms with Gasteiger partial charge in [-0.15, -0.1) is 0 Å². The number of carbonyl (C=O) groups is 1. The van der Waals surface area contributed by atoms with Crippen LogP contribution in [0.25, 0.3) is 0 Å². The molecule has 4 nitrogen and oxygen atoms in total. The molecule has 0 radical (unpaired) electrons. The van der Waals surface area contributed by atoms with E-state index in [0.717, 1.165) is 12.1 Å². The second-order valence-corrected chi connectivity index (χ2v) is 2.86. The van der Waals surface area contributed by atoms with Gasteiger partial charge < -0.3 is 10.3 Å². The topological polar surface area (TPSA) is 69.9 Å². The predicted octanol–water partition coefficient (Wildman–Crippen LogP) is 2.38. The average Bonchev–Trinajstić information content (AvgIpc) is 2.19. The third kappa shape index (κ3) is 6.20. The summed E-state index contributed by atoms with van der Waals surface area (Å²) in [6.45, 7) is 3.44. The van der Waals surface area contributed by atoms with E-state index in [9.17, 15) is 9.18 Å². The van der Waals surface area contributed by atoms with Crippen LogP contribution in [-0.2, 0) is 0 Å². The highest BCUT2D eigenvalue weighted by Crippen LogP contribution is 2.01. The van der Waals surface area contributed by atoms with Crippen LogP contribution in [0.3, 0.4) is 0 Å². The number of hydrogen-bond donors (Lipinski definition) is 2. The minimum atomic E-state index is -1.04. The molecule has 0 spiro atoms. The largest absolute Gasteiger partial charge is 0.478 e. The summed E-state index contributed by atoms with van der Waals surface area (Å²) in [5.41, 5.74) is 0.784. The number of hydrogen-bond acceptors (Lipinski definition) is 3. The maximum absolute atomic E-state index is 12.2. The fourth-order valence-electron chi connectivity index (χ4n) is 0.592. The Hall–Kier alpha value is -1.91. The van der Waals surface area contributed by atoms with Crippen molar-refractivity contribution in [1.82, 2.24) is 0 Å². The molecule has 0 amide bonds. The molecule has 0 unspecified atom stereocenters. The summed E-state index contributed by atoms with van der Waals surface area (Å²) < 4.78 is 12.2. The van der Waals surface area contributed by atoms with Crippen LogP contribution >= 0.6 is 0 Å². The summed E-state index contributed by atoms with van der Waals surface area (Å²) in [6.07, 6.45) is 0. The summed E-state index contributed by atoms with van der Waals surface area (Å²) in [6, 6.07) is 4.67. The predicted molar refractivity (Wildman–Crippen MR) is 53.9 cm³/mol. The quantitative estimate of drug-likeness (QED) is 0.427. The number of nitrogens with zero attached hydrogens (tertiary/aromatic N) is 1. The van der Waals surface area contributed by atoms with Crippen LogP contribution in [0.15, 0.2) is 29.4 Å². The van der Waals surface area contributed by atoms with Crippen molar-refractivity contribution >= 4 is 11.7 Å². The van der Waals surface area contributed by atoms with Gasteiger partial charge in [0.15, 0.2) is 0 Å². The van der Waals surface area contributed by atoms with Gasteiger partial charge in [0, 0.05) is 0 Å².